The van der Waals surface area contributed by atoms with Crippen molar-refractivity contribution in [1.82, 2.24) is 15.1 Å². The van der Waals surface area contributed by atoms with Gasteiger partial charge in [-0.1, -0.05) is 62.1 Å². The van der Waals surface area contributed by atoms with Crippen LogP contribution in [0.4, 0.5) is 10.8 Å². The molecule has 0 saturated carbocycles. The summed E-state index contributed by atoms with van der Waals surface area (Å²) in [6.45, 7) is 8.26. The molecule has 1 fully saturated rings. The molecule has 1 aromatic heterocycles. The van der Waals surface area contributed by atoms with E-state index in [-0.39, 0.29) is 35.2 Å². The summed E-state index contributed by atoms with van der Waals surface area (Å²) in [4.78, 5) is 14.8. The summed E-state index contributed by atoms with van der Waals surface area (Å²) in [5.41, 5.74) is 3.56. The van der Waals surface area contributed by atoms with Gasteiger partial charge >= 0.3 is 0 Å². The summed E-state index contributed by atoms with van der Waals surface area (Å²) in [7, 11) is -3.05. The second-order valence-corrected chi connectivity index (χ2v) is 12.5. The third-order valence-electron chi connectivity index (χ3n) is 5.91. The molecule has 2 atom stereocenters. The van der Waals surface area contributed by atoms with Crippen molar-refractivity contribution in [3.63, 3.8) is 0 Å². The molecule has 10 heteroatoms. The Labute approximate surface area is 199 Å². The van der Waals surface area contributed by atoms with Crippen LogP contribution in [0.25, 0.3) is 0 Å². The van der Waals surface area contributed by atoms with E-state index < -0.39 is 9.84 Å². The molecule has 3 rings (SSSR count). The van der Waals surface area contributed by atoms with Crippen molar-refractivity contribution >= 4 is 49.7 Å². The van der Waals surface area contributed by atoms with E-state index in [2.05, 4.69) is 47.6 Å². The Bertz CT molecular complexity index is 1020. The molecule has 1 aliphatic rings. The number of aryl methyl sites for hydroxylation is 2. The van der Waals surface area contributed by atoms with E-state index in [0.717, 1.165) is 29.3 Å². The normalized spacial score (nSPS) is 18.4. The van der Waals surface area contributed by atoms with Gasteiger partial charge < -0.3 is 10.2 Å². The van der Waals surface area contributed by atoms with Gasteiger partial charge in [-0.05, 0) is 43.7 Å². The third-order valence-corrected chi connectivity index (χ3v) is 9.62. The number of hydrogen-bond donors (Lipinski definition) is 1. The highest BCUT2D eigenvalue weighted by Crippen LogP contribution is 2.32. The smallest absolute Gasteiger partial charge is 0.233 e. The summed E-state index contributed by atoms with van der Waals surface area (Å²) < 4.78 is 24.6. The SMILES string of the molecule is CCc1cccc(CC)c1Nc1nnc(SCC(=O)N(C(C)CC)C2CCS(=O)(=O)C2)s1. The van der Waals surface area contributed by atoms with Crippen LogP contribution in [0.1, 0.15) is 51.7 Å². The van der Waals surface area contributed by atoms with Crippen molar-refractivity contribution in [3.05, 3.63) is 29.3 Å². The molecule has 0 spiro atoms. The fourth-order valence-electron chi connectivity index (χ4n) is 4.03. The Morgan fingerprint density at radius 1 is 1.25 bits per heavy atom. The minimum atomic E-state index is -3.05. The van der Waals surface area contributed by atoms with Crippen molar-refractivity contribution in [3.8, 4) is 0 Å². The molecule has 1 amide bonds. The van der Waals surface area contributed by atoms with Crippen LogP contribution in [0.15, 0.2) is 22.5 Å². The monoisotopic (exact) mass is 496 g/mol. The van der Waals surface area contributed by atoms with E-state index in [1.807, 2.05) is 13.8 Å². The van der Waals surface area contributed by atoms with Crippen LogP contribution in [-0.4, -0.2) is 58.8 Å². The van der Waals surface area contributed by atoms with Crippen LogP contribution in [-0.2, 0) is 27.5 Å². The van der Waals surface area contributed by atoms with Crippen LogP contribution in [0.2, 0.25) is 0 Å². The molecule has 7 nitrogen and oxygen atoms in total. The number of benzene rings is 1. The van der Waals surface area contributed by atoms with Gasteiger partial charge in [-0.3, -0.25) is 4.79 Å². The van der Waals surface area contributed by atoms with Gasteiger partial charge in [0.05, 0.1) is 17.3 Å². The topological polar surface area (TPSA) is 92.3 Å². The maximum atomic E-state index is 13.0. The molecule has 2 aromatic rings. The molecule has 1 aromatic carbocycles. The number of carbonyl (C=O) groups is 1. The molecule has 0 aliphatic carbocycles. The van der Waals surface area contributed by atoms with Crippen LogP contribution in [0.5, 0.6) is 0 Å². The zero-order chi connectivity index (χ0) is 23.3. The molecule has 176 valence electrons. The van der Waals surface area contributed by atoms with Crippen molar-refractivity contribution in [2.45, 2.75) is 69.8 Å². The molecular weight excluding hydrogens is 464 g/mol. The molecule has 1 N–H and O–H groups in total. The van der Waals surface area contributed by atoms with E-state index in [9.17, 15) is 13.2 Å². The predicted octanol–water partition coefficient (Wildman–Crippen LogP) is 4.31. The fourth-order valence-corrected chi connectivity index (χ4v) is 7.36. The second kappa shape index (κ2) is 11.0. The van der Waals surface area contributed by atoms with Gasteiger partial charge in [-0.2, -0.15) is 0 Å². The van der Waals surface area contributed by atoms with Crippen molar-refractivity contribution in [1.29, 1.82) is 0 Å². The van der Waals surface area contributed by atoms with Gasteiger partial charge in [0.15, 0.2) is 14.2 Å². The van der Waals surface area contributed by atoms with E-state index in [4.69, 9.17) is 0 Å². The first-order valence-corrected chi connectivity index (χ1v) is 14.8. The number of thioether (sulfide) groups is 1. The largest absolute Gasteiger partial charge is 0.335 e. The summed E-state index contributed by atoms with van der Waals surface area (Å²) in [5, 5.41) is 12.6. The molecule has 1 aliphatic heterocycles. The van der Waals surface area contributed by atoms with Gasteiger partial charge in [-0.25, -0.2) is 8.42 Å². The summed E-state index contributed by atoms with van der Waals surface area (Å²) >= 11 is 2.79. The molecule has 2 unspecified atom stereocenters. The number of hydrogen-bond acceptors (Lipinski definition) is 8. The Morgan fingerprint density at radius 2 is 1.94 bits per heavy atom. The van der Waals surface area contributed by atoms with E-state index >= 15 is 0 Å². The molecular formula is C22H32N4O3S3. The van der Waals surface area contributed by atoms with Crippen LogP contribution in [0.3, 0.4) is 0 Å². The average molecular weight is 497 g/mol. The van der Waals surface area contributed by atoms with Gasteiger partial charge in [0.25, 0.3) is 0 Å². The summed E-state index contributed by atoms with van der Waals surface area (Å²) in [6.07, 6.45) is 3.16. The molecule has 32 heavy (non-hydrogen) atoms. The Balaban J connectivity index is 1.66. The van der Waals surface area contributed by atoms with E-state index in [1.54, 1.807) is 4.90 Å². The van der Waals surface area contributed by atoms with Crippen molar-refractivity contribution < 1.29 is 13.2 Å². The van der Waals surface area contributed by atoms with Crippen LogP contribution >= 0.6 is 23.1 Å². The number of nitrogens with one attached hydrogen (secondary N) is 1. The van der Waals surface area contributed by atoms with E-state index in [0.29, 0.717) is 11.6 Å². The molecule has 0 bridgehead atoms. The lowest BCUT2D eigenvalue weighted by Gasteiger charge is -2.33. The number of aromatic nitrogens is 2. The zero-order valence-corrected chi connectivity index (χ0v) is 21.6. The predicted molar refractivity (Wildman–Crippen MR) is 133 cm³/mol. The molecule has 0 radical (unpaired) electrons. The number of rotatable bonds is 10. The highest BCUT2D eigenvalue weighted by Gasteiger charge is 2.36. The minimum absolute atomic E-state index is 0.00561. The van der Waals surface area contributed by atoms with Crippen LogP contribution in [0, 0.1) is 0 Å². The lowest BCUT2D eigenvalue weighted by Crippen LogP contribution is -2.47. The highest BCUT2D eigenvalue weighted by molar-refractivity contribution is 8.01. The molecule has 2 heterocycles. The Hall–Kier alpha value is -1.65. The average Bonchev–Trinajstić information content (AvgIpc) is 3.37. The molecule has 1 saturated heterocycles. The summed E-state index contributed by atoms with van der Waals surface area (Å²) in [5.74, 6) is 0.411. The number of para-hydroxylation sites is 1. The number of carbonyl (C=O) groups excluding carboxylic acids is 1. The maximum Gasteiger partial charge on any atom is 0.233 e. The van der Waals surface area contributed by atoms with Crippen molar-refractivity contribution in [2.75, 3.05) is 22.6 Å². The number of nitrogens with zero attached hydrogens (tertiary/aromatic N) is 3. The van der Waals surface area contributed by atoms with Crippen molar-refractivity contribution in [2.24, 2.45) is 0 Å². The standard InChI is InChI=1S/C22H32N4O3S3/c1-5-15(4)26(18-11-12-32(28,29)14-18)19(27)13-30-22-25-24-21(31-22)23-20-16(6-2)9-8-10-17(20)7-3/h8-10,15,18H,5-7,11-14H2,1-4H3,(H,23,24). The number of amides is 1. The number of sulfone groups is 1. The maximum absolute atomic E-state index is 13.0. The Kier molecular flexibility index (Phi) is 8.57. The van der Waals surface area contributed by atoms with Gasteiger partial charge in [0.2, 0.25) is 11.0 Å². The minimum Gasteiger partial charge on any atom is -0.335 e. The summed E-state index contributed by atoms with van der Waals surface area (Å²) in [6, 6.07) is 6.08. The lowest BCUT2D eigenvalue weighted by molar-refractivity contribution is -0.132. The highest BCUT2D eigenvalue weighted by atomic mass is 32.2. The van der Waals surface area contributed by atoms with Gasteiger partial charge in [0, 0.05) is 17.8 Å². The zero-order valence-electron chi connectivity index (χ0n) is 19.1. The quantitative estimate of drug-likeness (QED) is 0.490. The third kappa shape index (κ3) is 6.02. The lowest BCUT2D eigenvalue weighted by atomic mass is 10.0. The van der Waals surface area contributed by atoms with E-state index in [1.165, 1.54) is 34.2 Å². The second-order valence-electron chi connectivity index (χ2n) is 8.06. The number of anilines is 2. The fraction of sp³-hybridized carbons (Fsp3) is 0.591. The van der Waals surface area contributed by atoms with Crippen LogP contribution < -0.4 is 5.32 Å². The first-order chi connectivity index (χ1) is 15.3. The Morgan fingerprint density at radius 3 is 2.50 bits per heavy atom. The first-order valence-electron chi connectivity index (χ1n) is 11.1. The van der Waals surface area contributed by atoms with Gasteiger partial charge in [-0.15, -0.1) is 10.2 Å². The first kappa shape index (κ1) is 25.0. The van der Waals surface area contributed by atoms with Gasteiger partial charge in [0.1, 0.15) is 0 Å².